The number of nitrogens with zero attached hydrogens (tertiary/aromatic N) is 2. The van der Waals surface area contributed by atoms with E-state index < -0.39 is 0 Å². The van der Waals surface area contributed by atoms with E-state index in [9.17, 15) is 0 Å². The van der Waals surface area contributed by atoms with Crippen molar-refractivity contribution in [1.82, 2.24) is 15.5 Å². The van der Waals surface area contributed by atoms with Crippen LogP contribution < -0.4 is 10.6 Å². The fourth-order valence-electron chi connectivity index (χ4n) is 2.32. The van der Waals surface area contributed by atoms with Crippen molar-refractivity contribution in [3.8, 4) is 0 Å². The van der Waals surface area contributed by atoms with Gasteiger partial charge < -0.3 is 10.6 Å². The second-order valence-corrected chi connectivity index (χ2v) is 5.50. The van der Waals surface area contributed by atoms with Crippen molar-refractivity contribution in [3.63, 3.8) is 0 Å². The zero-order valence-electron chi connectivity index (χ0n) is 14.5. The molecule has 0 saturated heterocycles. The second-order valence-electron chi connectivity index (χ2n) is 5.50. The van der Waals surface area contributed by atoms with E-state index >= 15 is 0 Å². The quantitative estimate of drug-likeness (QED) is 0.406. The molecule has 0 aliphatic carbocycles. The van der Waals surface area contributed by atoms with Crippen molar-refractivity contribution in [2.75, 3.05) is 26.7 Å². The second kappa shape index (κ2) is 11.7. The molecular formula is C17H31IN4. The van der Waals surface area contributed by atoms with Crippen molar-refractivity contribution >= 4 is 29.9 Å². The van der Waals surface area contributed by atoms with Crippen LogP contribution in [0.4, 0.5) is 0 Å². The smallest absolute Gasteiger partial charge is 0.191 e. The van der Waals surface area contributed by atoms with Crippen molar-refractivity contribution in [2.45, 2.75) is 39.8 Å². The minimum Gasteiger partial charge on any atom is -0.355 e. The van der Waals surface area contributed by atoms with Crippen LogP contribution in [0, 0.1) is 0 Å². The molecule has 0 aromatic heterocycles. The number of aliphatic imine (C=N–C) groups is 1. The van der Waals surface area contributed by atoms with E-state index in [0.717, 1.165) is 25.6 Å². The molecule has 5 heteroatoms. The van der Waals surface area contributed by atoms with E-state index in [2.05, 4.69) is 72.5 Å². The monoisotopic (exact) mass is 418 g/mol. The van der Waals surface area contributed by atoms with Gasteiger partial charge in [-0.2, -0.15) is 0 Å². The Kier molecular flexibility index (Phi) is 11.3. The summed E-state index contributed by atoms with van der Waals surface area (Å²) in [5.41, 5.74) is 1.26. The third-order valence-electron chi connectivity index (χ3n) is 3.70. The molecule has 2 N–H and O–H groups in total. The predicted molar refractivity (Wildman–Crippen MR) is 107 cm³/mol. The number of benzene rings is 1. The number of hydrogen-bond donors (Lipinski definition) is 2. The average Bonchev–Trinajstić information content (AvgIpc) is 2.50. The molecule has 126 valence electrons. The molecule has 22 heavy (non-hydrogen) atoms. The Hall–Kier alpha value is -0.820. The fourth-order valence-corrected chi connectivity index (χ4v) is 2.32. The summed E-state index contributed by atoms with van der Waals surface area (Å²) in [6, 6.07) is 11.2. The summed E-state index contributed by atoms with van der Waals surface area (Å²) in [6.45, 7) is 11.8. The molecule has 0 aliphatic heterocycles. The van der Waals surface area contributed by atoms with Crippen LogP contribution in [-0.4, -0.2) is 43.6 Å². The van der Waals surface area contributed by atoms with Gasteiger partial charge in [0.1, 0.15) is 0 Å². The molecule has 0 radical (unpaired) electrons. The number of rotatable bonds is 7. The third-order valence-corrected chi connectivity index (χ3v) is 3.70. The van der Waals surface area contributed by atoms with Crippen molar-refractivity contribution in [1.29, 1.82) is 0 Å². The number of guanidine groups is 1. The van der Waals surface area contributed by atoms with E-state index in [0.29, 0.717) is 6.04 Å². The van der Waals surface area contributed by atoms with Gasteiger partial charge in [-0.25, -0.2) is 0 Å². The molecule has 1 aromatic carbocycles. The Balaban J connectivity index is 0.00000441. The van der Waals surface area contributed by atoms with Crippen molar-refractivity contribution < 1.29 is 0 Å². The van der Waals surface area contributed by atoms with Crippen LogP contribution in [0.3, 0.4) is 0 Å². The highest BCUT2D eigenvalue weighted by molar-refractivity contribution is 14.0. The molecule has 0 spiro atoms. The number of likely N-dealkylation sites (N-methyl/N-ethyl adjacent to an activating group) is 1. The first-order chi connectivity index (χ1) is 10.1. The number of halogens is 1. The minimum absolute atomic E-state index is 0. The highest BCUT2D eigenvalue weighted by Gasteiger charge is 2.09. The number of nitrogens with one attached hydrogen (secondary N) is 2. The molecule has 0 amide bonds. The molecule has 0 aliphatic rings. The van der Waals surface area contributed by atoms with Gasteiger partial charge in [0.15, 0.2) is 5.96 Å². The molecular weight excluding hydrogens is 387 g/mol. The van der Waals surface area contributed by atoms with Crippen LogP contribution in [-0.2, 0) is 0 Å². The summed E-state index contributed by atoms with van der Waals surface area (Å²) in [6.07, 6.45) is 0. The lowest BCUT2D eigenvalue weighted by atomic mass is 10.1. The summed E-state index contributed by atoms with van der Waals surface area (Å²) in [4.78, 5) is 6.73. The predicted octanol–water partition coefficient (Wildman–Crippen LogP) is 3.26. The van der Waals surface area contributed by atoms with E-state index in [1.807, 2.05) is 13.1 Å². The van der Waals surface area contributed by atoms with Crippen LogP contribution >= 0.6 is 24.0 Å². The topological polar surface area (TPSA) is 39.7 Å². The van der Waals surface area contributed by atoms with Crippen LogP contribution in [0.15, 0.2) is 35.3 Å². The Bertz CT molecular complexity index is 420. The summed E-state index contributed by atoms with van der Waals surface area (Å²) in [5, 5.41) is 6.81. The van der Waals surface area contributed by atoms with Crippen LogP contribution in [0.5, 0.6) is 0 Å². The van der Waals surface area contributed by atoms with Crippen LogP contribution in [0.2, 0.25) is 0 Å². The van der Waals surface area contributed by atoms with Gasteiger partial charge in [0.25, 0.3) is 0 Å². The molecule has 0 saturated carbocycles. The van der Waals surface area contributed by atoms with Gasteiger partial charge in [-0.3, -0.25) is 9.89 Å². The Labute approximate surface area is 152 Å². The molecule has 0 heterocycles. The van der Waals surface area contributed by atoms with Crippen molar-refractivity contribution in [2.24, 2.45) is 4.99 Å². The van der Waals surface area contributed by atoms with Crippen molar-refractivity contribution in [3.05, 3.63) is 35.9 Å². The maximum absolute atomic E-state index is 4.30. The third kappa shape index (κ3) is 7.45. The molecule has 4 nitrogen and oxygen atoms in total. The van der Waals surface area contributed by atoms with Gasteiger partial charge in [0, 0.05) is 26.2 Å². The summed E-state index contributed by atoms with van der Waals surface area (Å²) >= 11 is 0. The highest BCUT2D eigenvalue weighted by Crippen LogP contribution is 2.10. The normalized spacial score (nSPS) is 13.0. The molecule has 1 rings (SSSR count). The van der Waals surface area contributed by atoms with Gasteiger partial charge >= 0.3 is 0 Å². The lowest BCUT2D eigenvalue weighted by molar-refractivity contribution is 0.237. The first kappa shape index (κ1) is 21.2. The maximum Gasteiger partial charge on any atom is 0.191 e. The fraction of sp³-hybridized carbons (Fsp3) is 0.588. The van der Waals surface area contributed by atoms with E-state index in [1.165, 1.54) is 5.56 Å². The maximum atomic E-state index is 4.30. The van der Waals surface area contributed by atoms with Crippen LogP contribution in [0.25, 0.3) is 0 Å². The van der Waals surface area contributed by atoms with E-state index in [1.54, 1.807) is 0 Å². The zero-order chi connectivity index (χ0) is 15.7. The lowest BCUT2D eigenvalue weighted by Crippen LogP contribution is -2.43. The first-order valence-electron chi connectivity index (χ1n) is 7.84. The van der Waals surface area contributed by atoms with Gasteiger partial charge in [0.05, 0.1) is 6.04 Å². The summed E-state index contributed by atoms with van der Waals surface area (Å²) in [5.74, 6) is 0.853. The zero-order valence-corrected chi connectivity index (χ0v) is 16.8. The molecule has 0 bridgehead atoms. The lowest BCUT2D eigenvalue weighted by Gasteiger charge is -2.25. The Morgan fingerprint density at radius 2 is 1.82 bits per heavy atom. The largest absolute Gasteiger partial charge is 0.355 e. The van der Waals surface area contributed by atoms with Gasteiger partial charge in [-0.1, -0.05) is 37.3 Å². The summed E-state index contributed by atoms with van der Waals surface area (Å²) < 4.78 is 0. The summed E-state index contributed by atoms with van der Waals surface area (Å²) in [7, 11) is 1.81. The molecule has 0 fully saturated rings. The molecule has 1 aromatic rings. The van der Waals surface area contributed by atoms with E-state index in [-0.39, 0.29) is 30.0 Å². The Morgan fingerprint density at radius 3 is 2.32 bits per heavy atom. The SMILES string of the molecule is CCN(CCNC(=NC)NC(C)c1ccccc1)C(C)C.I. The van der Waals surface area contributed by atoms with Gasteiger partial charge in [-0.05, 0) is 32.9 Å². The van der Waals surface area contributed by atoms with Gasteiger partial charge in [-0.15, -0.1) is 24.0 Å². The highest BCUT2D eigenvalue weighted by atomic mass is 127. The van der Waals surface area contributed by atoms with Gasteiger partial charge in [0.2, 0.25) is 0 Å². The van der Waals surface area contributed by atoms with Crippen LogP contribution in [0.1, 0.15) is 39.3 Å². The number of hydrogen-bond acceptors (Lipinski definition) is 2. The van der Waals surface area contributed by atoms with E-state index in [4.69, 9.17) is 0 Å². The first-order valence-corrected chi connectivity index (χ1v) is 7.84. The Morgan fingerprint density at radius 1 is 1.18 bits per heavy atom. The standard InChI is InChI=1S/C17H30N4.HI/c1-6-21(14(2)3)13-12-19-17(18-5)20-15(4)16-10-8-7-9-11-16;/h7-11,14-15H,6,12-13H2,1-5H3,(H2,18,19,20);1H. The minimum atomic E-state index is 0. The molecule has 1 unspecified atom stereocenters. The average molecular weight is 418 g/mol. The molecule has 1 atom stereocenters.